The molecule has 2 heteroatoms. The van der Waals surface area contributed by atoms with E-state index in [1.807, 2.05) is 0 Å². The van der Waals surface area contributed by atoms with Crippen LogP contribution in [0.4, 0.5) is 0 Å². The Morgan fingerprint density at radius 2 is 1.80 bits per heavy atom. The quantitative estimate of drug-likeness (QED) is 0.759. The van der Waals surface area contributed by atoms with E-state index in [0.29, 0.717) is 11.8 Å². The molecule has 0 bridgehead atoms. The van der Waals surface area contributed by atoms with Crippen molar-refractivity contribution in [2.45, 2.75) is 51.9 Å². The summed E-state index contributed by atoms with van der Waals surface area (Å²) in [5.41, 5.74) is 0. The second kappa shape index (κ2) is 4.54. The number of rotatable bonds is 2. The van der Waals surface area contributed by atoms with Crippen LogP contribution in [-0.4, -0.2) is 11.1 Å². The van der Waals surface area contributed by atoms with Gasteiger partial charge in [0.25, 0.3) is 0 Å². The lowest BCUT2D eigenvalue weighted by atomic mass is 9.68. The molecule has 1 N–H and O–H groups in total. The minimum atomic E-state index is -0.543. The van der Waals surface area contributed by atoms with Gasteiger partial charge in [-0.15, -0.1) is 0 Å². The fourth-order valence-corrected chi connectivity index (χ4v) is 3.64. The lowest BCUT2D eigenvalue weighted by molar-refractivity contribution is -0.146. The van der Waals surface area contributed by atoms with E-state index in [1.54, 1.807) is 0 Å². The van der Waals surface area contributed by atoms with Gasteiger partial charge in [-0.1, -0.05) is 32.6 Å². The number of hydrogen-bond donors (Lipinski definition) is 1. The van der Waals surface area contributed by atoms with Crippen molar-refractivity contribution in [1.29, 1.82) is 0 Å². The Bertz CT molecular complexity index is 231. The van der Waals surface area contributed by atoms with E-state index in [1.165, 1.54) is 25.7 Å². The van der Waals surface area contributed by atoms with E-state index >= 15 is 0 Å². The SMILES string of the molecule is CC1CCC(C(=O)O)C(C2CCCC2)C1. The highest BCUT2D eigenvalue weighted by Crippen LogP contribution is 2.44. The van der Waals surface area contributed by atoms with Crippen LogP contribution in [-0.2, 0) is 4.79 Å². The molecule has 0 aromatic rings. The zero-order valence-electron chi connectivity index (χ0n) is 9.61. The second-order valence-electron chi connectivity index (χ2n) is 5.57. The first kappa shape index (κ1) is 11.0. The molecule has 0 saturated heterocycles. The molecular formula is C13H22O2. The lowest BCUT2D eigenvalue weighted by Gasteiger charge is -2.36. The summed E-state index contributed by atoms with van der Waals surface area (Å²) in [6, 6.07) is 0. The van der Waals surface area contributed by atoms with E-state index in [2.05, 4.69) is 6.92 Å². The topological polar surface area (TPSA) is 37.3 Å². The number of aliphatic carboxylic acids is 1. The van der Waals surface area contributed by atoms with E-state index in [0.717, 1.165) is 25.2 Å². The van der Waals surface area contributed by atoms with E-state index in [4.69, 9.17) is 0 Å². The molecule has 3 atom stereocenters. The molecule has 0 radical (unpaired) electrons. The van der Waals surface area contributed by atoms with E-state index < -0.39 is 5.97 Å². The summed E-state index contributed by atoms with van der Waals surface area (Å²) in [7, 11) is 0. The molecule has 2 saturated carbocycles. The second-order valence-corrected chi connectivity index (χ2v) is 5.57. The Hall–Kier alpha value is -0.530. The number of carbonyl (C=O) groups is 1. The predicted molar refractivity (Wildman–Crippen MR) is 59.6 cm³/mol. The van der Waals surface area contributed by atoms with Crippen molar-refractivity contribution in [1.82, 2.24) is 0 Å². The van der Waals surface area contributed by atoms with Crippen LogP contribution in [0.25, 0.3) is 0 Å². The largest absolute Gasteiger partial charge is 0.481 e. The van der Waals surface area contributed by atoms with Crippen LogP contribution >= 0.6 is 0 Å². The van der Waals surface area contributed by atoms with Crippen molar-refractivity contribution in [3.63, 3.8) is 0 Å². The van der Waals surface area contributed by atoms with Crippen LogP contribution in [0.1, 0.15) is 51.9 Å². The van der Waals surface area contributed by atoms with Gasteiger partial charge in [0.05, 0.1) is 5.92 Å². The zero-order valence-corrected chi connectivity index (χ0v) is 9.61. The monoisotopic (exact) mass is 210 g/mol. The molecule has 2 nitrogen and oxygen atoms in total. The molecule has 2 aliphatic rings. The third-order valence-electron chi connectivity index (χ3n) is 4.48. The molecule has 0 aromatic heterocycles. The fourth-order valence-electron chi connectivity index (χ4n) is 3.64. The van der Waals surface area contributed by atoms with Crippen LogP contribution in [0.3, 0.4) is 0 Å². The van der Waals surface area contributed by atoms with Crippen molar-refractivity contribution in [2.24, 2.45) is 23.7 Å². The third-order valence-corrected chi connectivity index (χ3v) is 4.48. The van der Waals surface area contributed by atoms with Crippen molar-refractivity contribution in [2.75, 3.05) is 0 Å². The van der Waals surface area contributed by atoms with Gasteiger partial charge >= 0.3 is 5.97 Å². The summed E-state index contributed by atoms with van der Waals surface area (Å²) in [5.74, 6) is 1.36. The van der Waals surface area contributed by atoms with Crippen LogP contribution in [0.5, 0.6) is 0 Å². The van der Waals surface area contributed by atoms with Gasteiger partial charge in [0.2, 0.25) is 0 Å². The van der Waals surface area contributed by atoms with Gasteiger partial charge in [-0.2, -0.15) is 0 Å². The molecule has 0 aromatic carbocycles. The van der Waals surface area contributed by atoms with Gasteiger partial charge in [-0.05, 0) is 37.0 Å². The first-order valence-electron chi connectivity index (χ1n) is 6.41. The van der Waals surface area contributed by atoms with E-state index in [9.17, 15) is 9.90 Å². The Labute approximate surface area is 92.1 Å². The summed E-state index contributed by atoms with van der Waals surface area (Å²) in [4.78, 5) is 11.2. The molecule has 3 unspecified atom stereocenters. The molecule has 2 aliphatic carbocycles. The zero-order chi connectivity index (χ0) is 10.8. The first-order valence-corrected chi connectivity index (χ1v) is 6.41. The average Bonchev–Trinajstić information content (AvgIpc) is 2.69. The molecule has 2 fully saturated rings. The van der Waals surface area contributed by atoms with E-state index in [-0.39, 0.29) is 5.92 Å². The van der Waals surface area contributed by atoms with Crippen molar-refractivity contribution in [3.05, 3.63) is 0 Å². The molecule has 0 aliphatic heterocycles. The van der Waals surface area contributed by atoms with Crippen LogP contribution in [0, 0.1) is 23.7 Å². The fraction of sp³-hybridized carbons (Fsp3) is 0.923. The standard InChI is InChI=1S/C13H22O2/c1-9-6-7-11(13(14)15)12(8-9)10-4-2-3-5-10/h9-12H,2-8H2,1H3,(H,14,15). The number of carboxylic acids is 1. The summed E-state index contributed by atoms with van der Waals surface area (Å²) in [5, 5.41) is 9.26. The summed E-state index contributed by atoms with van der Waals surface area (Å²) >= 11 is 0. The van der Waals surface area contributed by atoms with Crippen molar-refractivity contribution < 1.29 is 9.90 Å². The molecular weight excluding hydrogens is 188 g/mol. The smallest absolute Gasteiger partial charge is 0.306 e. The highest BCUT2D eigenvalue weighted by Gasteiger charge is 2.38. The lowest BCUT2D eigenvalue weighted by Crippen LogP contribution is -2.33. The van der Waals surface area contributed by atoms with Gasteiger partial charge in [0.15, 0.2) is 0 Å². The molecule has 0 spiro atoms. The Morgan fingerprint density at radius 3 is 2.40 bits per heavy atom. The van der Waals surface area contributed by atoms with Crippen LogP contribution in [0.15, 0.2) is 0 Å². The molecule has 0 heterocycles. The maximum Gasteiger partial charge on any atom is 0.306 e. The van der Waals surface area contributed by atoms with Crippen molar-refractivity contribution >= 4 is 5.97 Å². The number of carboxylic acid groups (broad SMARTS) is 1. The normalized spacial score (nSPS) is 38.1. The summed E-state index contributed by atoms with van der Waals surface area (Å²) in [6.45, 7) is 2.28. The summed E-state index contributed by atoms with van der Waals surface area (Å²) in [6.07, 6.45) is 8.38. The molecule has 2 rings (SSSR count). The highest BCUT2D eigenvalue weighted by atomic mass is 16.4. The maximum absolute atomic E-state index is 11.2. The minimum Gasteiger partial charge on any atom is -0.481 e. The van der Waals surface area contributed by atoms with Crippen LogP contribution in [0.2, 0.25) is 0 Å². The summed E-state index contributed by atoms with van der Waals surface area (Å²) < 4.78 is 0. The van der Waals surface area contributed by atoms with Gasteiger partial charge in [-0.3, -0.25) is 4.79 Å². The van der Waals surface area contributed by atoms with Crippen molar-refractivity contribution in [3.8, 4) is 0 Å². The third kappa shape index (κ3) is 2.35. The van der Waals surface area contributed by atoms with Gasteiger partial charge in [0.1, 0.15) is 0 Å². The molecule has 0 amide bonds. The molecule has 15 heavy (non-hydrogen) atoms. The van der Waals surface area contributed by atoms with Crippen LogP contribution < -0.4 is 0 Å². The van der Waals surface area contributed by atoms with Gasteiger partial charge in [-0.25, -0.2) is 0 Å². The first-order chi connectivity index (χ1) is 7.18. The minimum absolute atomic E-state index is 0.0377. The predicted octanol–water partition coefficient (Wildman–Crippen LogP) is 3.31. The maximum atomic E-state index is 11.2. The number of hydrogen-bond acceptors (Lipinski definition) is 1. The van der Waals surface area contributed by atoms with Gasteiger partial charge < -0.3 is 5.11 Å². The highest BCUT2D eigenvalue weighted by molar-refractivity contribution is 5.70. The van der Waals surface area contributed by atoms with Gasteiger partial charge in [0, 0.05) is 0 Å². The molecule has 86 valence electrons. The Kier molecular flexibility index (Phi) is 3.32. The Balaban J connectivity index is 2.05. The Morgan fingerprint density at radius 1 is 1.13 bits per heavy atom. The average molecular weight is 210 g/mol.